The van der Waals surface area contributed by atoms with E-state index in [1.807, 2.05) is 11.9 Å². The van der Waals surface area contributed by atoms with Gasteiger partial charge in [0, 0.05) is 54.6 Å². The Labute approximate surface area is 165 Å². The van der Waals surface area contributed by atoms with Gasteiger partial charge in [0.2, 0.25) is 0 Å². The lowest BCUT2D eigenvalue weighted by Gasteiger charge is -2.43. The Balaban J connectivity index is 2.04. The van der Waals surface area contributed by atoms with E-state index < -0.39 is 10.7 Å². The van der Waals surface area contributed by atoms with E-state index in [4.69, 9.17) is 0 Å². The number of aromatic nitrogens is 2. The van der Waals surface area contributed by atoms with Crippen molar-refractivity contribution in [1.29, 1.82) is 0 Å². The van der Waals surface area contributed by atoms with Crippen molar-refractivity contribution in [2.75, 3.05) is 25.0 Å². The van der Waals surface area contributed by atoms with E-state index in [-0.39, 0.29) is 23.3 Å². The van der Waals surface area contributed by atoms with Crippen molar-refractivity contribution in [3.63, 3.8) is 0 Å². The number of likely N-dealkylation sites (N-methyl/N-ethyl adjacent to an activating group) is 1. The van der Waals surface area contributed by atoms with E-state index in [1.54, 1.807) is 10.9 Å². The third-order valence-electron chi connectivity index (χ3n) is 5.03. The van der Waals surface area contributed by atoms with E-state index in [1.165, 1.54) is 18.3 Å². The van der Waals surface area contributed by atoms with E-state index >= 15 is 0 Å². The van der Waals surface area contributed by atoms with Gasteiger partial charge in [-0.15, -0.1) is 0 Å². The molecule has 140 valence electrons. The van der Waals surface area contributed by atoms with Crippen molar-refractivity contribution >= 4 is 34.0 Å². The molecule has 0 spiro atoms. The van der Waals surface area contributed by atoms with Crippen LogP contribution in [0.1, 0.15) is 13.8 Å². The maximum Gasteiger partial charge on any atom is 0.293 e. The van der Waals surface area contributed by atoms with Crippen LogP contribution in [-0.4, -0.2) is 51.8 Å². The summed E-state index contributed by atoms with van der Waals surface area (Å²) in [6.45, 7) is 5.37. The highest BCUT2D eigenvalue weighted by Gasteiger charge is 2.31. The summed E-state index contributed by atoms with van der Waals surface area (Å²) in [6.07, 6.45) is 3.22. The third kappa shape index (κ3) is 3.54. The zero-order valence-corrected chi connectivity index (χ0v) is 17.1. The highest BCUT2D eigenvalue weighted by atomic mass is 127. The Morgan fingerprint density at radius 3 is 2.54 bits per heavy atom. The molecule has 1 saturated heterocycles. The van der Waals surface area contributed by atoms with Crippen LogP contribution in [0.15, 0.2) is 24.5 Å². The second-order valence-corrected chi connectivity index (χ2v) is 7.42. The number of nitro benzene ring substituents is 1. The second-order valence-electron chi connectivity index (χ2n) is 6.73. The number of hydrogen-bond acceptors (Lipinski definition) is 5. The number of rotatable bonds is 4. The molecule has 26 heavy (non-hydrogen) atoms. The molecule has 2 aromatic rings. The molecule has 7 nitrogen and oxygen atoms in total. The van der Waals surface area contributed by atoms with Gasteiger partial charge in [0.1, 0.15) is 11.5 Å². The van der Waals surface area contributed by atoms with Gasteiger partial charge in [-0.05, 0) is 20.9 Å². The lowest BCUT2D eigenvalue weighted by Crippen LogP contribution is -2.55. The van der Waals surface area contributed by atoms with E-state index in [0.29, 0.717) is 28.9 Å². The largest absolute Gasteiger partial charge is 0.363 e. The molecule has 0 saturated carbocycles. The zero-order chi connectivity index (χ0) is 19.0. The molecule has 3 rings (SSSR count). The van der Waals surface area contributed by atoms with E-state index in [9.17, 15) is 14.5 Å². The second kappa shape index (κ2) is 7.47. The summed E-state index contributed by atoms with van der Waals surface area (Å²) in [4.78, 5) is 15.4. The SMILES string of the molecule is CC1CN(c2cc(F)c(-c3cnn(CI)c3)cc2[N+](=O)[O-])CC(C)N1C. The molecule has 0 bridgehead atoms. The van der Waals surface area contributed by atoms with Crippen LogP contribution in [-0.2, 0) is 4.55 Å². The monoisotopic (exact) mass is 473 g/mol. The Hall–Kier alpha value is -1.75. The first-order valence-electron chi connectivity index (χ1n) is 8.35. The molecule has 2 heterocycles. The summed E-state index contributed by atoms with van der Waals surface area (Å²) in [5.41, 5.74) is 0.998. The van der Waals surface area contributed by atoms with E-state index in [0.717, 1.165) is 0 Å². The summed E-state index contributed by atoms with van der Waals surface area (Å²) in [5, 5.41) is 15.8. The summed E-state index contributed by atoms with van der Waals surface area (Å²) < 4.78 is 17.1. The van der Waals surface area contributed by atoms with Gasteiger partial charge in [0.05, 0.1) is 15.7 Å². The molecule has 1 fully saturated rings. The molecule has 0 aliphatic carbocycles. The summed E-state index contributed by atoms with van der Waals surface area (Å²) in [7, 11) is 2.04. The van der Waals surface area contributed by atoms with Gasteiger partial charge in [-0.2, -0.15) is 5.10 Å². The van der Waals surface area contributed by atoms with Crippen LogP contribution < -0.4 is 4.90 Å². The highest BCUT2D eigenvalue weighted by Crippen LogP contribution is 2.36. The Morgan fingerprint density at radius 2 is 2.00 bits per heavy atom. The molecule has 0 amide bonds. The third-order valence-corrected chi connectivity index (χ3v) is 5.73. The minimum Gasteiger partial charge on any atom is -0.363 e. The maximum atomic E-state index is 14.8. The maximum absolute atomic E-state index is 14.8. The first-order valence-corrected chi connectivity index (χ1v) is 9.88. The van der Waals surface area contributed by atoms with Crippen molar-refractivity contribution in [2.24, 2.45) is 0 Å². The van der Waals surface area contributed by atoms with Crippen LogP contribution in [0.25, 0.3) is 11.1 Å². The normalized spacial score (nSPS) is 21.2. The van der Waals surface area contributed by atoms with Crippen molar-refractivity contribution in [2.45, 2.75) is 30.5 Å². The number of nitrogens with zero attached hydrogens (tertiary/aromatic N) is 5. The van der Waals surface area contributed by atoms with Crippen LogP contribution in [0, 0.1) is 15.9 Å². The lowest BCUT2D eigenvalue weighted by molar-refractivity contribution is -0.384. The molecule has 9 heteroatoms. The van der Waals surface area contributed by atoms with Crippen molar-refractivity contribution < 1.29 is 9.31 Å². The number of piperazine rings is 1. The molecular weight excluding hydrogens is 452 g/mol. The van der Waals surface area contributed by atoms with Crippen LogP contribution in [0.3, 0.4) is 0 Å². The van der Waals surface area contributed by atoms with Crippen LogP contribution in [0.2, 0.25) is 0 Å². The first kappa shape index (κ1) is 19.0. The molecular formula is C17H21FIN5O2. The smallest absolute Gasteiger partial charge is 0.293 e. The summed E-state index contributed by atoms with van der Waals surface area (Å²) in [6, 6.07) is 3.07. The van der Waals surface area contributed by atoms with Crippen LogP contribution in [0.5, 0.6) is 0 Å². The average molecular weight is 473 g/mol. The molecule has 1 aromatic heterocycles. The molecule has 0 N–H and O–H groups in total. The fourth-order valence-electron chi connectivity index (χ4n) is 3.34. The van der Waals surface area contributed by atoms with Crippen LogP contribution in [0.4, 0.5) is 15.8 Å². The van der Waals surface area contributed by atoms with Gasteiger partial charge in [-0.1, -0.05) is 22.6 Å². The average Bonchev–Trinajstić information content (AvgIpc) is 3.07. The summed E-state index contributed by atoms with van der Waals surface area (Å²) >= 11 is 2.14. The molecule has 1 aliphatic rings. The van der Waals surface area contributed by atoms with Gasteiger partial charge in [-0.3, -0.25) is 19.7 Å². The van der Waals surface area contributed by atoms with Gasteiger partial charge in [0.15, 0.2) is 0 Å². The molecule has 1 aromatic carbocycles. The Morgan fingerprint density at radius 1 is 1.35 bits per heavy atom. The molecule has 1 aliphatic heterocycles. The van der Waals surface area contributed by atoms with Gasteiger partial charge >= 0.3 is 0 Å². The van der Waals surface area contributed by atoms with Crippen molar-refractivity contribution in [3.8, 4) is 11.1 Å². The zero-order valence-electron chi connectivity index (χ0n) is 14.9. The van der Waals surface area contributed by atoms with E-state index in [2.05, 4.69) is 46.4 Å². The minimum absolute atomic E-state index is 0.0763. The van der Waals surface area contributed by atoms with Gasteiger partial charge in [-0.25, -0.2) is 4.39 Å². The minimum atomic E-state index is -0.474. The number of alkyl halides is 1. The lowest BCUT2D eigenvalue weighted by atomic mass is 10.0. The van der Waals surface area contributed by atoms with Crippen molar-refractivity contribution in [3.05, 3.63) is 40.5 Å². The molecule has 0 radical (unpaired) electrons. The quantitative estimate of drug-likeness (QED) is 0.294. The van der Waals surface area contributed by atoms with Gasteiger partial charge < -0.3 is 4.90 Å². The topological polar surface area (TPSA) is 67.4 Å². The molecule has 2 atom stereocenters. The fourth-order valence-corrected chi connectivity index (χ4v) is 3.71. The fraction of sp³-hybridized carbons (Fsp3) is 0.471. The first-order chi connectivity index (χ1) is 12.3. The standard InChI is InChI=1S/C17H21FIN5O2/c1-11-7-22(8-12(2)21(11)3)16-5-15(18)14(4-17(16)24(25)26)13-6-20-23(9-13)10-19/h4-6,9,11-12H,7-8,10H2,1-3H3. The predicted molar refractivity (Wildman–Crippen MR) is 107 cm³/mol. The number of nitro groups is 1. The molecule has 2 unspecified atom stereocenters. The number of anilines is 1. The Kier molecular flexibility index (Phi) is 5.47. The highest BCUT2D eigenvalue weighted by molar-refractivity contribution is 14.1. The number of hydrogen-bond donors (Lipinski definition) is 0. The predicted octanol–water partition coefficient (Wildman–Crippen LogP) is 3.52. The number of benzene rings is 1. The van der Waals surface area contributed by atoms with Crippen LogP contribution >= 0.6 is 22.6 Å². The van der Waals surface area contributed by atoms with Gasteiger partial charge in [0.25, 0.3) is 5.69 Å². The number of halogens is 2. The van der Waals surface area contributed by atoms with Crippen molar-refractivity contribution in [1.82, 2.24) is 14.7 Å². The Bertz CT molecular complexity index is 815. The summed E-state index contributed by atoms with van der Waals surface area (Å²) in [5.74, 6) is -0.474.